The molecule has 0 saturated carbocycles. The Bertz CT molecular complexity index is 536. The number of nitrogens with one attached hydrogen (secondary N) is 2. The molecule has 0 unspecified atom stereocenters. The van der Waals surface area contributed by atoms with Gasteiger partial charge in [-0.3, -0.25) is 14.4 Å². The molecular formula is C10H11N3O5. The number of rotatable bonds is 5. The van der Waals surface area contributed by atoms with Gasteiger partial charge in [-0.25, -0.2) is 4.79 Å². The summed E-state index contributed by atoms with van der Waals surface area (Å²) in [5.74, 6) is -3.16. The zero-order chi connectivity index (χ0) is 13.7. The van der Waals surface area contributed by atoms with Gasteiger partial charge in [0.15, 0.2) is 5.43 Å². The molecule has 0 radical (unpaired) electrons. The standard InChI is InChI=1S/C10H11N3O5/c11-8(15)3-6(10(17)18)13-9(16)5-4-12-2-1-7(5)14/h1-2,4,6H,3H2,(H2,11,15)(H,12,14)(H,13,16)(H,17,18)/t6-/m0/s1. The Labute approximate surface area is 101 Å². The maximum Gasteiger partial charge on any atom is 0.326 e. The molecular weight excluding hydrogens is 242 g/mol. The van der Waals surface area contributed by atoms with Gasteiger partial charge in [-0.1, -0.05) is 0 Å². The van der Waals surface area contributed by atoms with Crippen LogP contribution in [0.15, 0.2) is 23.3 Å². The summed E-state index contributed by atoms with van der Waals surface area (Å²) < 4.78 is 0. The molecule has 0 spiro atoms. The molecule has 0 aliphatic rings. The van der Waals surface area contributed by atoms with Crippen molar-refractivity contribution in [2.24, 2.45) is 5.73 Å². The third kappa shape index (κ3) is 3.44. The maximum atomic E-state index is 11.6. The minimum atomic E-state index is -1.46. The monoisotopic (exact) mass is 253 g/mol. The summed E-state index contributed by atoms with van der Waals surface area (Å²) in [6.07, 6.45) is 1.92. The summed E-state index contributed by atoms with van der Waals surface area (Å²) in [4.78, 5) is 46.9. The second-order valence-electron chi connectivity index (χ2n) is 3.46. The van der Waals surface area contributed by atoms with Crippen molar-refractivity contribution >= 4 is 17.8 Å². The van der Waals surface area contributed by atoms with E-state index in [9.17, 15) is 19.2 Å². The van der Waals surface area contributed by atoms with E-state index in [1.807, 2.05) is 5.32 Å². The number of H-pyrrole nitrogens is 1. The van der Waals surface area contributed by atoms with Crippen molar-refractivity contribution in [3.8, 4) is 0 Å². The van der Waals surface area contributed by atoms with Crippen molar-refractivity contribution in [2.45, 2.75) is 12.5 Å². The number of aromatic nitrogens is 1. The van der Waals surface area contributed by atoms with E-state index in [4.69, 9.17) is 10.8 Å². The summed E-state index contributed by atoms with van der Waals surface area (Å²) >= 11 is 0. The highest BCUT2D eigenvalue weighted by molar-refractivity contribution is 5.97. The van der Waals surface area contributed by atoms with Gasteiger partial charge in [-0.2, -0.15) is 0 Å². The van der Waals surface area contributed by atoms with Crippen LogP contribution in [0.3, 0.4) is 0 Å². The Balaban J connectivity index is 2.85. The highest BCUT2D eigenvalue weighted by atomic mass is 16.4. The number of nitrogens with two attached hydrogens (primary N) is 1. The molecule has 96 valence electrons. The van der Waals surface area contributed by atoms with Crippen molar-refractivity contribution in [1.82, 2.24) is 10.3 Å². The van der Waals surface area contributed by atoms with E-state index >= 15 is 0 Å². The van der Waals surface area contributed by atoms with Gasteiger partial charge in [0.2, 0.25) is 5.91 Å². The average Bonchev–Trinajstić information content (AvgIpc) is 2.27. The van der Waals surface area contributed by atoms with Gasteiger partial charge in [0.05, 0.1) is 6.42 Å². The number of hydrogen-bond acceptors (Lipinski definition) is 4. The molecule has 2 amide bonds. The van der Waals surface area contributed by atoms with E-state index in [0.29, 0.717) is 0 Å². The predicted octanol–water partition coefficient (Wildman–Crippen LogP) is -1.57. The first-order chi connectivity index (χ1) is 8.41. The van der Waals surface area contributed by atoms with Gasteiger partial charge >= 0.3 is 5.97 Å². The minimum Gasteiger partial charge on any atom is -0.480 e. The Morgan fingerprint density at radius 1 is 1.44 bits per heavy atom. The number of pyridine rings is 1. The number of carboxylic acid groups (broad SMARTS) is 1. The smallest absolute Gasteiger partial charge is 0.326 e. The number of aliphatic carboxylic acids is 1. The lowest BCUT2D eigenvalue weighted by Gasteiger charge is -2.12. The maximum absolute atomic E-state index is 11.6. The summed E-state index contributed by atoms with van der Waals surface area (Å²) in [5, 5.41) is 10.8. The number of carbonyl (C=O) groups excluding carboxylic acids is 2. The molecule has 0 aromatic carbocycles. The normalized spacial score (nSPS) is 11.6. The van der Waals surface area contributed by atoms with Crippen LogP contribution in [-0.2, 0) is 9.59 Å². The topological polar surface area (TPSA) is 142 Å². The van der Waals surface area contributed by atoms with E-state index in [0.717, 1.165) is 12.3 Å². The Kier molecular flexibility index (Phi) is 4.19. The first-order valence-corrected chi connectivity index (χ1v) is 4.91. The van der Waals surface area contributed by atoms with E-state index < -0.39 is 35.7 Å². The van der Waals surface area contributed by atoms with Crippen LogP contribution in [0.2, 0.25) is 0 Å². The van der Waals surface area contributed by atoms with Crippen LogP contribution < -0.4 is 16.5 Å². The number of carboxylic acids is 1. The summed E-state index contributed by atoms with van der Waals surface area (Å²) in [7, 11) is 0. The SMILES string of the molecule is NC(=O)C[C@H](NC(=O)c1c[nH]ccc1=O)C(=O)O. The van der Waals surface area contributed by atoms with Crippen molar-refractivity contribution < 1.29 is 19.5 Å². The number of amides is 2. The van der Waals surface area contributed by atoms with Gasteiger partial charge in [0.25, 0.3) is 5.91 Å². The van der Waals surface area contributed by atoms with Crippen molar-refractivity contribution in [3.05, 3.63) is 34.2 Å². The molecule has 1 rings (SSSR count). The zero-order valence-corrected chi connectivity index (χ0v) is 9.17. The number of aromatic amines is 1. The highest BCUT2D eigenvalue weighted by Gasteiger charge is 2.23. The van der Waals surface area contributed by atoms with Crippen LogP contribution >= 0.6 is 0 Å². The molecule has 8 nitrogen and oxygen atoms in total. The fraction of sp³-hybridized carbons (Fsp3) is 0.200. The fourth-order valence-corrected chi connectivity index (χ4v) is 1.23. The van der Waals surface area contributed by atoms with Crippen LogP contribution in [0, 0.1) is 0 Å². The second kappa shape index (κ2) is 5.62. The van der Waals surface area contributed by atoms with Gasteiger partial charge < -0.3 is 21.1 Å². The van der Waals surface area contributed by atoms with Crippen molar-refractivity contribution in [2.75, 3.05) is 0 Å². The Morgan fingerprint density at radius 2 is 2.11 bits per heavy atom. The molecule has 1 aromatic heterocycles. The predicted molar refractivity (Wildman–Crippen MR) is 59.8 cm³/mol. The molecule has 1 heterocycles. The van der Waals surface area contributed by atoms with E-state index in [1.165, 1.54) is 6.20 Å². The molecule has 0 bridgehead atoms. The van der Waals surface area contributed by atoms with E-state index in [2.05, 4.69) is 4.98 Å². The van der Waals surface area contributed by atoms with Crippen molar-refractivity contribution in [3.63, 3.8) is 0 Å². The van der Waals surface area contributed by atoms with Gasteiger partial charge in [-0.15, -0.1) is 0 Å². The third-order valence-corrected chi connectivity index (χ3v) is 2.08. The third-order valence-electron chi connectivity index (χ3n) is 2.08. The Hall–Kier alpha value is -2.64. The van der Waals surface area contributed by atoms with Crippen LogP contribution in [0.5, 0.6) is 0 Å². The van der Waals surface area contributed by atoms with Gasteiger partial charge in [0.1, 0.15) is 11.6 Å². The minimum absolute atomic E-state index is 0.242. The van der Waals surface area contributed by atoms with E-state index in [-0.39, 0.29) is 5.56 Å². The van der Waals surface area contributed by atoms with Gasteiger partial charge in [0, 0.05) is 18.5 Å². The summed E-state index contributed by atoms with van der Waals surface area (Å²) in [6.45, 7) is 0. The first-order valence-electron chi connectivity index (χ1n) is 4.91. The van der Waals surface area contributed by atoms with Crippen LogP contribution in [-0.4, -0.2) is 33.9 Å². The lowest BCUT2D eigenvalue weighted by atomic mass is 10.1. The molecule has 0 saturated heterocycles. The zero-order valence-electron chi connectivity index (χ0n) is 9.17. The summed E-state index contributed by atoms with van der Waals surface area (Å²) in [5.41, 5.74) is 4.05. The molecule has 1 atom stereocenters. The highest BCUT2D eigenvalue weighted by Crippen LogP contribution is 1.95. The Morgan fingerprint density at radius 3 is 2.61 bits per heavy atom. The van der Waals surface area contributed by atoms with E-state index in [1.54, 1.807) is 0 Å². The van der Waals surface area contributed by atoms with Crippen LogP contribution in [0.1, 0.15) is 16.8 Å². The molecule has 8 heteroatoms. The summed E-state index contributed by atoms with van der Waals surface area (Å²) in [6, 6.07) is -0.340. The van der Waals surface area contributed by atoms with Gasteiger partial charge in [-0.05, 0) is 0 Å². The largest absolute Gasteiger partial charge is 0.480 e. The fourth-order valence-electron chi connectivity index (χ4n) is 1.23. The van der Waals surface area contributed by atoms with Crippen LogP contribution in [0.25, 0.3) is 0 Å². The lowest BCUT2D eigenvalue weighted by Crippen LogP contribution is -2.44. The number of hydrogen-bond donors (Lipinski definition) is 4. The van der Waals surface area contributed by atoms with Crippen molar-refractivity contribution in [1.29, 1.82) is 0 Å². The second-order valence-corrected chi connectivity index (χ2v) is 3.46. The molecule has 5 N–H and O–H groups in total. The molecule has 0 fully saturated rings. The number of carbonyl (C=O) groups is 3. The molecule has 1 aromatic rings. The molecule has 0 aliphatic carbocycles. The average molecular weight is 253 g/mol. The van der Waals surface area contributed by atoms with Crippen LogP contribution in [0.4, 0.5) is 0 Å². The molecule has 0 aliphatic heterocycles. The number of primary amides is 1. The lowest BCUT2D eigenvalue weighted by molar-refractivity contribution is -0.140. The first kappa shape index (κ1) is 13.4. The molecule has 18 heavy (non-hydrogen) atoms. The quantitative estimate of drug-likeness (QED) is 0.501.